The van der Waals surface area contributed by atoms with Gasteiger partial charge >= 0.3 is 6.18 Å². The summed E-state index contributed by atoms with van der Waals surface area (Å²) in [5.41, 5.74) is 0.120. The minimum atomic E-state index is -4.50. The van der Waals surface area contributed by atoms with Crippen LogP contribution in [0.4, 0.5) is 13.2 Å². The second-order valence-corrected chi connectivity index (χ2v) is 8.82. The molecule has 0 saturated heterocycles. The molecule has 1 heterocycles. The summed E-state index contributed by atoms with van der Waals surface area (Å²) >= 11 is 3.17. The van der Waals surface area contributed by atoms with Crippen molar-refractivity contribution in [3.63, 3.8) is 0 Å². The SMILES string of the molecule is CCS(=O)(=O)c1ccccc1-c1nc2cc(C(F)(F)F)cc(Br)c2n1C. The quantitative estimate of drug-likeness (QED) is 0.579. The molecule has 1 aromatic heterocycles. The summed E-state index contributed by atoms with van der Waals surface area (Å²) in [7, 11) is -1.88. The van der Waals surface area contributed by atoms with Crippen molar-refractivity contribution in [3.8, 4) is 11.4 Å². The molecule has 0 fully saturated rings. The summed E-state index contributed by atoms with van der Waals surface area (Å²) < 4.78 is 65.8. The number of fused-ring (bicyclic) bond motifs is 1. The highest BCUT2D eigenvalue weighted by Gasteiger charge is 2.32. The highest BCUT2D eigenvalue weighted by molar-refractivity contribution is 9.10. The Hall–Kier alpha value is -1.87. The van der Waals surface area contributed by atoms with Crippen LogP contribution in [0.5, 0.6) is 0 Å². The number of alkyl halides is 3. The van der Waals surface area contributed by atoms with Gasteiger partial charge in [0.2, 0.25) is 0 Å². The van der Waals surface area contributed by atoms with Gasteiger partial charge in [0.1, 0.15) is 5.82 Å². The van der Waals surface area contributed by atoms with Gasteiger partial charge in [0.05, 0.1) is 27.2 Å². The number of nitrogens with zero attached hydrogens (tertiary/aromatic N) is 2. The van der Waals surface area contributed by atoms with E-state index in [-0.39, 0.29) is 26.5 Å². The van der Waals surface area contributed by atoms with E-state index in [1.54, 1.807) is 29.8 Å². The fraction of sp³-hybridized carbons (Fsp3) is 0.235. The summed E-state index contributed by atoms with van der Waals surface area (Å²) in [6.45, 7) is 1.53. The van der Waals surface area contributed by atoms with Crippen molar-refractivity contribution in [1.82, 2.24) is 9.55 Å². The molecule has 0 saturated carbocycles. The lowest BCUT2D eigenvalue weighted by Gasteiger charge is -2.10. The van der Waals surface area contributed by atoms with Gasteiger partial charge in [-0.15, -0.1) is 0 Å². The van der Waals surface area contributed by atoms with Gasteiger partial charge in [0, 0.05) is 17.1 Å². The van der Waals surface area contributed by atoms with E-state index in [1.165, 1.54) is 13.0 Å². The Bertz CT molecular complexity index is 1110. The lowest BCUT2D eigenvalue weighted by Crippen LogP contribution is -2.07. The second kappa shape index (κ2) is 6.38. The molecule has 2 aromatic carbocycles. The average Bonchev–Trinajstić information content (AvgIpc) is 2.91. The van der Waals surface area contributed by atoms with Gasteiger partial charge in [0.15, 0.2) is 9.84 Å². The predicted molar refractivity (Wildman–Crippen MR) is 96.6 cm³/mol. The van der Waals surface area contributed by atoms with Gasteiger partial charge in [-0.2, -0.15) is 13.2 Å². The molecule has 0 unspecified atom stereocenters. The molecule has 4 nitrogen and oxygen atoms in total. The van der Waals surface area contributed by atoms with E-state index >= 15 is 0 Å². The Morgan fingerprint density at radius 1 is 1.19 bits per heavy atom. The predicted octanol–water partition coefficient (Wildman–Crippen LogP) is 4.82. The summed E-state index contributed by atoms with van der Waals surface area (Å²) in [4.78, 5) is 4.40. The molecule has 0 aliphatic carbocycles. The molecule has 3 rings (SSSR count). The van der Waals surface area contributed by atoms with E-state index in [9.17, 15) is 21.6 Å². The second-order valence-electron chi connectivity index (χ2n) is 5.72. The number of imidazole rings is 1. The third-order valence-corrected chi connectivity index (χ3v) is 6.48. The molecule has 3 aromatic rings. The number of rotatable bonds is 3. The maximum atomic E-state index is 13.1. The molecule has 0 bridgehead atoms. The minimum absolute atomic E-state index is 0.0874. The molecular formula is C17H14BrF3N2O2S. The monoisotopic (exact) mass is 446 g/mol. The molecule has 0 amide bonds. The number of aromatic nitrogens is 2. The highest BCUT2D eigenvalue weighted by atomic mass is 79.9. The van der Waals surface area contributed by atoms with E-state index in [4.69, 9.17) is 0 Å². The van der Waals surface area contributed by atoms with Crippen LogP contribution in [0.2, 0.25) is 0 Å². The van der Waals surface area contributed by atoms with Gasteiger partial charge in [-0.05, 0) is 40.2 Å². The topological polar surface area (TPSA) is 52.0 Å². The largest absolute Gasteiger partial charge is 0.416 e. The standard InChI is InChI=1S/C17H14BrF3N2O2S/c1-3-26(24,25)14-7-5-4-6-11(14)16-22-13-9-10(17(19,20)21)8-12(18)15(13)23(16)2/h4-9H,3H2,1-2H3. The van der Waals surface area contributed by atoms with Crippen molar-refractivity contribution in [1.29, 1.82) is 0 Å². The molecular weight excluding hydrogens is 433 g/mol. The van der Waals surface area contributed by atoms with Crippen LogP contribution in [-0.2, 0) is 23.1 Å². The fourth-order valence-electron chi connectivity index (χ4n) is 2.78. The van der Waals surface area contributed by atoms with Crippen LogP contribution in [0.3, 0.4) is 0 Å². The van der Waals surface area contributed by atoms with Gasteiger partial charge in [-0.25, -0.2) is 13.4 Å². The van der Waals surface area contributed by atoms with Crippen LogP contribution in [0.1, 0.15) is 12.5 Å². The number of benzene rings is 2. The molecule has 0 N–H and O–H groups in total. The molecule has 0 atom stereocenters. The number of hydrogen-bond acceptors (Lipinski definition) is 3. The van der Waals surface area contributed by atoms with Crippen LogP contribution >= 0.6 is 15.9 Å². The van der Waals surface area contributed by atoms with E-state index in [2.05, 4.69) is 20.9 Å². The molecule has 0 radical (unpaired) electrons. The van der Waals surface area contributed by atoms with Gasteiger partial charge in [0.25, 0.3) is 0 Å². The first kappa shape index (κ1) is 18.9. The first-order chi connectivity index (χ1) is 12.1. The molecule has 138 valence electrons. The van der Waals surface area contributed by atoms with Crippen LogP contribution < -0.4 is 0 Å². The summed E-state index contributed by atoms with van der Waals surface area (Å²) in [5, 5.41) is 0. The molecule has 0 aliphatic rings. The number of aryl methyl sites for hydroxylation is 1. The Balaban J connectivity index is 2.33. The smallest absolute Gasteiger partial charge is 0.326 e. The van der Waals surface area contributed by atoms with Crippen LogP contribution in [0, 0.1) is 0 Å². The number of hydrogen-bond donors (Lipinski definition) is 0. The Morgan fingerprint density at radius 2 is 1.85 bits per heavy atom. The van der Waals surface area contributed by atoms with Crippen molar-refractivity contribution >= 4 is 36.8 Å². The zero-order valence-electron chi connectivity index (χ0n) is 13.8. The van der Waals surface area contributed by atoms with Crippen molar-refractivity contribution in [2.24, 2.45) is 7.05 Å². The Kier molecular flexibility index (Phi) is 4.64. The van der Waals surface area contributed by atoms with Gasteiger partial charge < -0.3 is 4.57 Å². The minimum Gasteiger partial charge on any atom is -0.326 e. The third-order valence-electron chi connectivity index (χ3n) is 4.09. The van der Waals surface area contributed by atoms with E-state index in [0.717, 1.165) is 12.1 Å². The molecule has 0 spiro atoms. The first-order valence-electron chi connectivity index (χ1n) is 7.61. The first-order valence-corrected chi connectivity index (χ1v) is 10.1. The summed E-state index contributed by atoms with van der Waals surface area (Å²) in [5.74, 6) is 0.197. The zero-order valence-corrected chi connectivity index (χ0v) is 16.2. The van der Waals surface area contributed by atoms with E-state index in [0.29, 0.717) is 11.1 Å². The van der Waals surface area contributed by atoms with Crippen LogP contribution in [-0.4, -0.2) is 23.7 Å². The summed E-state index contributed by atoms with van der Waals surface area (Å²) in [6.07, 6.45) is -4.50. The Morgan fingerprint density at radius 3 is 2.46 bits per heavy atom. The van der Waals surface area contributed by atoms with Crippen molar-refractivity contribution in [2.45, 2.75) is 18.0 Å². The molecule has 26 heavy (non-hydrogen) atoms. The molecule has 9 heteroatoms. The van der Waals surface area contributed by atoms with Crippen molar-refractivity contribution in [2.75, 3.05) is 5.75 Å². The maximum absolute atomic E-state index is 13.1. The van der Waals surface area contributed by atoms with Crippen molar-refractivity contribution in [3.05, 3.63) is 46.4 Å². The maximum Gasteiger partial charge on any atom is 0.416 e. The normalized spacial score (nSPS) is 12.7. The lowest BCUT2D eigenvalue weighted by atomic mass is 10.2. The molecule has 0 aliphatic heterocycles. The number of halogens is 4. The Labute approximate surface area is 156 Å². The lowest BCUT2D eigenvalue weighted by molar-refractivity contribution is -0.137. The summed E-state index contributed by atoms with van der Waals surface area (Å²) in [6, 6.07) is 8.29. The highest BCUT2D eigenvalue weighted by Crippen LogP contribution is 2.37. The third kappa shape index (κ3) is 3.14. The van der Waals surface area contributed by atoms with Gasteiger partial charge in [-0.1, -0.05) is 19.1 Å². The fourth-order valence-corrected chi connectivity index (χ4v) is 4.59. The van der Waals surface area contributed by atoms with E-state index < -0.39 is 21.6 Å². The van der Waals surface area contributed by atoms with Gasteiger partial charge in [-0.3, -0.25) is 0 Å². The van der Waals surface area contributed by atoms with Crippen molar-refractivity contribution < 1.29 is 21.6 Å². The number of sulfone groups is 1. The van der Waals surface area contributed by atoms with Crippen LogP contribution in [0.25, 0.3) is 22.4 Å². The van der Waals surface area contributed by atoms with E-state index in [1.807, 2.05) is 0 Å². The average molecular weight is 447 g/mol. The zero-order chi connectivity index (χ0) is 19.3. The van der Waals surface area contributed by atoms with Crippen LogP contribution in [0.15, 0.2) is 45.8 Å².